The minimum Gasteiger partial charge on any atom is -0.494 e. The Balaban J connectivity index is 2.09. The van der Waals surface area contributed by atoms with Gasteiger partial charge in [-0.2, -0.15) is 0 Å². The van der Waals surface area contributed by atoms with Crippen LogP contribution in [0.4, 0.5) is 0 Å². The normalized spacial score (nSPS) is 10.5. The van der Waals surface area contributed by atoms with E-state index in [0.717, 1.165) is 17.7 Å². The molecule has 0 saturated heterocycles. The Labute approximate surface area is 114 Å². The van der Waals surface area contributed by atoms with Gasteiger partial charge in [0.25, 0.3) is 0 Å². The summed E-state index contributed by atoms with van der Waals surface area (Å²) in [6.07, 6.45) is 7.86. The zero-order valence-electron chi connectivity index (χ0n) is 10.8. The van der Waals surface area contributed by atoms with Crippen molar-refractivity contribution in [1.82, 2.24) is 0 Å². The van der Waals surface area contributed by atoms with Gasteiger partial charge in [0.05, 0.1) is 6.61 Å². The molecule has 0 aliphatic rings. The number of ether oxygens (including phenoxy) is 1. The van der Waals surface area contributed by atoms with Crippen molar-refractivity contribution in [2.45, 2.75) is 50.8 Å². The lowest BCUT2D eigenvalue weighted by molar-refractivity contribution is 0.304. The van der Waals surface area contributed by atoms with Crippen LogP contribution in [0.5, 0.6) is 5.75 Å². The Morgan fingerprint density at radius 1 is 1.06 bits per heavy atom. The Morgan fingerprint density at radius 3 is 2.59 bits per heavy atom. The van der Waals surface area contributed by atoms with Crippen molar-refractivity contribution in [3.05, 3.63) is 29.8 Å². The van der Waals surface area contributed by atoms with Crippen LogP contribution in [-0.2, 0) is 5.33 Å². The molecular weight excluding hydrogens is 276 g/mol. The summed E-state index contributed by atoms with van der Waals surface area (Å²) in [5, 5.41) is 0.890. The molecule has 0 bridgehead atoms. The third-order valence-electron chi connectivity index (χ3n) is 2.82. The van der Waals surface area contributed by atoms with Crippen molar-refractivity contribution < 1.29 is 4.74 Å². The van der Waals surface area contributed by atoms with Gasteiger partial charge in [-0.1, -0.05) is 67.1 Å². The molecule has 0 aromatic heterocycles. The van der Waals surface area contributed by atoms with Gasteiger partial charge in [0.15, 0.2) is 0 Å². The molecule has 0 atom stereocenters. The van der Waals surface area contributed by atoms with Gasteiger partial charge in [-0.15, -0.1) is 0 Å². The minimum atomic E-state index is 0.845. The third kappa shape index (κ3) is 6.72. The van der Waals surface area contributed by atoms with E-state index >= 15 is 0 Å². The fourth-order valence-electron chi connectivity index (χ4n) is 1.79. The van der Waals surface area contributed by atoms with Crippen LogP contribution in [0.2, 0.25) is 0 Å². The van der Waals surface area contributed by atoms with Gasteiger partial charge in [-0.25, -0.2) is 0 Å². The molecular formula is C15H23BrO. The summed E-state index contributed by atoms with van der Waals surface area (Å²) >= 11 is 3.45. The van der Waals surface area contributed by atoms with E-state index in [0.29, 0.717) is 0 Å². The smallest absolute Gasteiger partial charge is 0.119 e. The van der Waals surface area contributed by atoms with Crippen molar-refractivity contribution in [2.24, 2.45) is 0 Å². The van der Waals surface area contributed by atoms with Crippen LogP contribution in [0, 0.1) is 0 Å². The summed E-state index contributed by atoms with van der Waals surface area (Å²) in [6, 6.07) is 8.29. The van der Waals surface area contributed by atoms with E-state index < -0.39 is 0 Å². The average molecular weight is 299 g/mol. The molecule has 0 spiro atoms. The standard InChI is InChI=1S/C15H23BrO/c1-2-3-4-5-6-7-11-17-15-10-8-9-14(12-15)13-16/h8-10,12H,2-7,11,13H2,1H3. The number of hydrogen-bond donors (Lipinski definition) is 0. The van der Waals surface area contributed by atoms with Crippen molar-refractivity contribution in [1.29, 1.82) is 0 Å². The highest BCUT2D eigenvalue weighted by atomic mass is 79.9. The van der Waals surface area contributed by atoms with Crippen LogP contribution in [0.1, 0.15) is 51.0 Å². The lowest BCUT2D eigenvalue weighted by Gasteiger charge is -2.07. The van der Waals surface area contributed by atoms with E-state index in [2.05, 4.69) is 35.0 Å². The second-order valence-electron chi connectivity index (χ2n) is 4.40. The molecule has 0 unspecified atom stereocenters. The Bertz CT molecular complexity index is 299. The molecule has 17 heavy (non-hydrogen) atoms. The topological polar surface area (TPSA) is 9.23 Å². The number of rotatable bonds is 9. The number of halogens is 1. The van der Waals surface area contributed by atoms with E-state index in [1.807, 2.05) is 12.1 Å². The van der Waals surface area contributed by atoms with Crippen LogP contribution < -0.4 is 4.74 Å². The van der Waals surface area contributed by atoms with Crippen LogP contribution in [0.3, 0.4) is 0 Å². The minimum absolute atomic E-state index is 0.845. The van der Waals surface area contributed by atoms with Gasteiger partial charge >= 0.3 is 0 Å². The molecule has 0 aliphatic heterocycles. The van der Waals surface area contributed by atoms with Crippen LogP contribution in [0.15, 0.2) is 24.3 Å². The highest BCUT2D eigenvalue weighted by Gasteiger charge is 1.96. The fraction of sp³-hybridized carbons (Fsp3) is 0.600. The predicted molar refractivity (Wildman–Crippen MR) is 77.9 cm³/mol. The van der Waals surface area contributed by atoms with Crippen molar-refractivity contribution in [3.63, 3.8) is 0 Å². The zero-order chi connectivity index (χ0) is 12.3. The summed E-state index contributed by atoms with van der Waals surface area (Å²) in [7, 11) is 0. The van der Waals surface area contributed by atoms with Gasteiger partial charge in [-0.05, 0) is 24.1 Å². The second-order valence-corrected chi connectivity index (χ2v) is 4.96. The van der Waals surface area contributed by atoms with E-state index in [1.165, 1.54) is 44.1 Å². The largest absolute Gasteiger partial charge is 0.494 e. The van der Waals surface area contributed by atoms with E-state index in [9.17, 15) is 0 Å². The van der Waals surface area contributed by atoms with Crippen molar-refractivity contribution >= 4 is 15.9 Å². The maximum absolute atomic E-state index is 5.73. The SMILES string of the molecule is CCCCCCCCOc1cccc(CBr)c1. The predicted octanol–water partition coefficient (Wildman–Crippen LogP) is 5.32. The highest BCUT2D eigenvalue weighted by molar-refractivity contribution is 9.08. The summed E-state index contributed by atoms with van der Waals surface area (Å²) in [4.78, 5) is 0. The van der Waals surface area contributed by atoms with E-state index in [-0.39, 0.29) is 0 Å². The summed E-state index contributed by atoms with van der Waals surface area (Å²) in [5.74, 6) is 0.996. The molecule has 2 heteroatoms. The molecule has 0 heterocycles. The van der Waals surface area contributed by atoms with Gasteiger partial charge in [0, 0.05) is 5.33 Å². The van der Waals surface area contributed by atoms with Crippen LogP contribution >= 0.6 is 15.9 Å². The molecule has 0 N–H and O–H groups in total. The summed E-state index contributed by atoms with van der Waals surface area (Å²) in [6.45, 7) is 3.10. The second kappa shape index (κ2) is 9.52. The number of alkyl halides is 1. The van der Waals surface area contributed by atoms with Gasteiger partial charge in [0.1, 0.15) is 5.75 Å². The Morgan fingerprint density at radius 2 is 1.82 bits per heavy atom. The van der Waals surface area contributed by atoms with E-state index in [1.54, 1.807) is 0 Å². The molecule has 0 fully saturated rings. The zero-order valence-corrected chi connectivity index (χ0v) is 12.3. The van der Waals surface area contributed by atoms with Gasteiger partial charge < -0.3 is 4.74 Å². The first kappa shape index (κ1) is 14.6. The van der Waals surface area contributed by atoms with Gasteiger partial charge in [0.2, 0.25) is 0 Å². The third-order valence-corrected chi connectivity index (χ3v) is 3.47. The molecule has 0 saturated carbocycles. The number of benzene rings is 1. The first-order chi connectivity index (χ1) is 8.36. The van der Waals surface area contributed by atoms with Crippen molar-refractivity contribution in [3.8, 4) is 5.75 Å². The van der Waals surface area contributed by atoms with Crippen LogP contribution in [-0.4, -0.2) is 6.61 Å². The maximum atomic E-state index is 5.73. The summed E-state index contributed by atoms with van der Waals surface area (Å²) in [5.41, 5.74) is 1.27. The van der Waals surface area contributed by atoms with Crippen LogP contribution in [0.25, 0.3) is 0 Å². The molecule has 1 aromatic rings. The fourth-order valence-corrected chi connectivity index (χ4v) is 2.14. The lowest BCUT2D eigenvalue weighted by atomic mass is 10.1. The monoisotopic (exact) mass is 298 g/mol. The molecule has 1 rings (SSSR count). The quantitative estimate of drug-likeness (QED) is 0.443. The summed E-state index contributed by atoms with van der Waals surface area (Å²) < 4.78 is 5.73. The molecule has 0 aliphatic carbocycles. The highest BCUT2D eigenvalue weighted by Crippen LogP contribution is 2.16. The molecule has 1 aromatic carbocycles. The first-order valence-electron chi connectivity index (χ1n) is 6.64. The lowest BCUT2D eigenvalue weighted by Crippen LogP contribution is -1.97. The molecule has 0 amide bonds. The number of unbranched alkanes of at least 4 members (excludes halogenated alkanes) is 5. The van der Waals surface area contributed by atoms with E-state index in [4.69, 9.17) is 4.74 Å². The van der Waals surface area contributed by atoms with Crippen molar-refractivity contribution in [2.75, 3.05) is 6.61 Å². The maximum Gasteiger partial charge on any atom is 0.119 e. The Hall–Kier alpha value is -0.500. The molecule has 96 valence electrons. The first-order valence-corrected chi connectivity index (χ1v) is 7.76. The number of hydrogen-bond acceptors (Lipinski definition) is 1. The Kier molecular flexibility index (Phi) is 8.16. The average Bonchev–Trinajstić information content (AvgIpc) is 2.38. The molecule has 0 radical (unpaired) electrons. The van der Waals surface area contributed by atoms with Gasteiger partial charge in [-0.3, -0.25) is 0 Å². The molecule has 1 nitrogen and oxygen atoms in total.